The number of likely N-dealkylation sites (N-methyl/N-ethyl adjacent to an activating group) is 1. The summed E-state index contributed by atoms with van der Waals surface area (Å²) in [7, 11) is 2.26. The third-order valence-electron chi connectivity index (χ3n) is 3.73. The van der Waals surface area contributed by atoms with Crippen LogP contribution in [0.25, 0.3) is 0 Å². The zero-order chi connectivity index (χ0) is 12.1. The lowest BCUT2D eigenvalue weighted by Gasteiger charge is -2.31. The Balaban J connectivity index is 1.80. The summed E-state index contributed by atoms with van der Waals surface area (Å²) in [6.07, 6.45) is 3.82. The van der Waals surface area contributed by atoms with Crippen LogP contribution in [0.4, 0.5) is 0 Å². The van der Waals surface area contributed by atoms with Crippen LogP contribution in [0.15, 0.2) is 24.3 Å². The first-order valence-electron chi connectivity index (χ1n) is 6.72. The molecule has 1 heterocycles. The molecule has 2 nitrogen and oxygen atoms in total. The molecule has 1 unspecified atom stereocenters. The molecule has 0 aliphatic carbocycles. The van der Waals surface area contributed by atoms with Gasteiger partial charge in [-0.2, -0.15) is 0 Å². The molecule has 1 atom stereocenters. The first kappa shape index (κ1) is 12.6. The van der Waals surface area contributed by atoms with Crippen molar-refractivity contribution in [3.05, 3.63) is 35.4 Å². The third-order valence-corrected chi connectivity index (χ3v) is 3.73. The normalized spacial score (nSPS) is 20.8. The molecular formula is C15H24N2. The van der Waals surface area contributed by atoms with Crippen LogP contribution in [0.5, 0.6) is 0 Å². The number of piperidine rings is 1. The second kappa shape index (κ2) is 6.18. The predicted octanol–water partition coefficient (Wildman–Crippen LogP) is 2.22. The number of nitrogens with zero attached hydrogens (tertiary/aromatic N) is 1. The molecule has 1 N–H and O–H groups in total. The van der Waals surface area contributed by atoms with Gasteiger partial charge in [0.2, 0.25) is 0 Å². The van der Waals surface area contributed by atoms with E-state index in [0.29, 0.717) is 0 Å². The van der Waals surface area contributed by atoms with E-state index in [1.807, 2.05) is 0 Å². The topological polar surface area (TPSA) is 15.3 Å². The van der Waals surface area contributed by atoms with Gasteiger partial charge in [0.25, 0.3) is 0 Å². The summed E-state index contributed by atoms with van der Waals surface area (Å²) in [5.74, 6) is 0. The highest BCUT2D eigenvalue weighted by atomic mass is 15.2. The molecule has 1 aliphatic rings. The lowest BCUT2D eigenvalue weighted by atomic mass is 10.0. The number of aryl methyl sites for hydroxylation is 1. The predicted molar refractivity (Wildman–Crippen MR) is 73.4 cm³/mol. The quantitative estimate of drug-likeness (QED) is 0.856. The van der Waals surface area contributed by atoms with Crippen LogP contribution in [0, 0.1) is 6.92 Å². The van der Waals surface area contributed by atoms with Crippen molar-refractivity contribution in [2.24, 2.45) is 0 Å². The van der Waals surface area contributed by atoms with E-state index >= 15 is 0 Å². The minimum atomic E-state index is 0.730. The lowest BCUT2D eigenvalue weighted by Crippen LogP contribution is -2.44. The van der Waals surface area contributed by atoms with E-state index in [0.717, 1.165) is 25.6 Å². The van der Waals surface area contributed by atoms with E-state index in [9.17, 15) is 0 Å². The molecule has 0 saturated carbocycles. The molecule has 1 saturated heterocycles. The second-order valence-corrected chi connectivity index (χ2v) is 5.22. The number of hydrogen-bond acceptors (Lipinski definition) is 2. The fourth-order valence-electron chi connectivity index (χ4n) is 2.57. The van der Waals surface area contributed by atoms with E-state index < -0.39 is 0 Å². The highest BCUT2D eigenvalue weighted by molar-refractivity contribution is 5.22. The molecule has 1 aromatic rings. The Bertz CT molecular complexity index is 343. The van der Waals surface area contributed by atoms with Gasteiger partial charge in [0.1, 0.15) is 0 Å². The second-order valence-electron chi connectivity index (χ2n) is 5.22. The third kappa shape index (κ3) is 3.83. The van der Waals surface area contributed by atoms with Gasteiger partial charge >= 0.3 is 0 Å². The molecule has 2 rings (SSSR count). The van der Waals surface area contributed by atoms with Crippen LogP contribution in [0.3, 0.4) is 0 Å². The molecule has 1 fully saturated rings. The van der Waals surface area contributed by atoms with E-state index in [2.05, 4.69) is 48.5 Å². The fourth-order valence-corrected chi connectivity index (χ4v) is 2.57. The zero-order valence-corrected chi connectivity index (χ0v) is 11.1. The van der Waals surface area contributed by atoms with Crippen LogP contribution in [0.2, 0.25) is 0 Å². The standard InChI is InChI=1S/C15H24N2/c1-13-5-3-6-14(11-13)8-10-17(2)15-7-4-9-16-12-15/h3,5-6,11,15-16H,4,7-10,12H2,1-2H3. The first-order valence-corrected chi connectivity index (χ1v) is 6.72. The van der Waals surface area contributed by atoms with Crippen molar-refractivity contribution in [3.63, 3.8) is 0 Å². The highest BCUT2D eigenvalue weighted by Gasteiger charge is 2.16. The summed E-state index contributed by atoms with van der Waals surface area (Å²) < 4.78 is 0. The van der Waals surface area contributed by atoms with Crippen LogP contribution < -0.4 is 5.32 Å². The molecule has 2 heteroatoms. The van der Waals surface area contributed by atoms with Crippen LogP contribution >= 0.6 is 0 Å². The lowest BCUT2D eigenvalue weighted by molar-refractivity contribution is 0.205. The number of rotatable bonds is 4. The molecule has 0 bridgehead atoms. The Morgan fingerprint density at radius 3 is 3.00 bits per heavy atom. The van der Waals surface area contributed by atoms with Crippen molar-refractivity contribution in [1.29, 1.82) is 0 Å². The molecule has 0 radical (unpaired) electrons. The van der Waals surface area contributed by atoms with Crippen LogP contribution in [-0.4, -0.2) is 37.6 Å². The Kier molecular flexibility index (Phi) is 4.57. The van der Waals surface area contributed by atoms with Gasteiger partial charge in [-0.15, -0.1) is 0 Å². The summed E-state index contributed by atoms with van der Waals surface area (Å²) in [5, 5.41) is 3.48. The number of benzene rings is 1. The highest BCUT2D eigenvalue weighted by Crippen LogP contribution is 2.10. The molecule has 17 heavy (non-hydrogen) atoms. The molecular weight excluding hydrogens is 208 g/mol. The van der Waals surface area contributed by atoms with Gasteiger partial charge in [-0.3, -0.25) is 0 Å². The average Bonchev–Trinajstić information content (AvgIpc) is 2.37. The Labute approximate surface area is 105 Å². The summed E-state index contributed by atoms with van der Waals surface area (Å²) in [6, 6.07) is 9.59. The zero-order valence-electron chi connectivity index (χ0n) is 11.1. The van der Waals surface area contributed by atoms with Crippen molar-refractivity contribution >= 4 is 0 Å². The van der Waals surface area contributed by atoms with Crippen LogP contribution in [-0.2, 0) is 6.42 Å². The van der Waals surface area contributed by atoms with E-state index in [4.69, 9.17) is 0 Å². The SMILES string of the molecule is Cc1cccc(CCN(C)C2CCCNC2)c1. The molecule has 0 aromatic heterocycles. The van der Waals surface area contributed by atoms with Crippen molar-refractivity contribution < 1.29 is 0 Å². The molecule has 1 aliphatic heterocycles. The maximum atomic E-state index is 3.48. The van der Waals surface area contributed by atoms with E-state index in [1.54, 1.807) is 0 Å². The van der Waals surface area contributed by atoms with Gasteiger partial charge < -0.3 is 10.2 Å². The fraction of sp³-hybridized carbons (Fsp3) is 0.600. The smallest absolute Gasteiger partial charge is 0.0218 e. The Morgan fingerprint density at radius 1 is 1.41 bits per heavy atom. The van der Waals surface area contributed by atoms with Gasteiger partial charge in [-0.25, -0.2) is 0 Å². The van der Waals surface area contributed by atoms with Gasteiger partial charge in [0.15, 0.2) is 0 Å². The van der Waals surface area contributed by atoms with Gasteiger partial charge in [0.05, 0.1) is 0 Å². The first-order chi connectivity index (χ1) is 8.25. The van der Waals surface area contributed by atoms with Crippen molar-refractivity contribution in [3.8, 4) is 0 Å². The largest absolute Gasteiger partial charge is 0.315 e. The van der Waals surface area contributed by atoms with Crippen LogP contribution in [0.1, 0.15) is 24.0 Å². The minimum absolute atomic E-state index is 0.730. The van der Waals surface area contributed by atoms with Crippen molar-refractivity contribution in [2.45, 2.75) is 32.2 Å². The van der Waals surface area contributed by atoms with Gasteiger partial charge in [0, 0.05) is 19.1 Å². The molecule has 1 aromatic carbocycles. The molecule has 0 amide bonds. The summed E-state index contributed by atoms with van der Waals surface area (Å²) in [6.45, 7) is 5.68. The summed E-state index contributed by atoms with van der Waals surface area (Å²) in [5.41, 5.74) is 2.82. The Morgan fingerprint density at radius 2 is 2.29 bits per heavy atom. The minimum Gasteiger partial charge on any atom is -0.315 e. The Hall–Kier alpha value is -0.860. The van der Waals surface area contributed by atoms with Crippen molar-refractivity contribution in [1.82, 2.24) is 10.2 Å². The number of nitrogens with one attached hydrogen (secondary N) is 1. The van der Waals surface area contributed by atoms with E-state index in [-0.39, 0.29) is 0 Å². The molecule has 94 valence electrons. The average molecular weight is 232 g/mol. The number of hydrogen-bond donors (Lipinski definition) is 1. The summed E-state index contributed by atoms with van der Waals surface area (Å²) >= 11 is 0. The van der Waals surface area contributed by atoms with Gasteiger partial charge in [-0.1, -0.05) is 29.8 Å². The summed E-state index contributed by atoms with van der Waals surface area (Å²) in [4.78, 5) is 2.51. The maximum Gasteiger partial charge on any atom is 0.0218 e. The van der Waals surface area contributed by atoms with E-state index in [1.165, 1.54) is 30.5 Å². The maximum absolute atomic E-state index is 3.48. The van der Waals surface area contributed by atoms with Gasteiger partial charge in [-0.05, 0) is 45.3 Å². The molecule has 0 spiro atoms. The van der Waals surface area contributed by atoms with Crippen molar-refractivity contribution in [2.75, 3.05) is 26.7 Å². The monoisotopic (exact) mass is 232 g/mol.